The first kappa shape index (κ1) is 13.9. The number of hydrogen-bond donors (Lipinski definition) is 1. The Morgan fingerprint density at radius 1 is 1.15 bits per heavy atom. The van der Waals surface area contributed by atoms with Crippen LogP contribution in [0.5, 0.6) is 0 Å². The van der Waals surface area contributed by atoms with Crippen LogP contribution in [0.2, 0.25) is 0 Å². The summed E-state index contributed by atoms with van der Waals surface area (Å²) in [5, 5.41) is 3.44. The Labute approximate surface area is 117 Å². The van der Waals surface area contributed by atoms with Gasteiger partial charge in [0, 0.05) is 12.1 Å². The van der Waals surface area contributed by atoms with Crippen LogP contribution >= 0.6 is 0 Å². The van der Waals surface area contributed by atoms with Crippen molar-refractivity contribution in [2.75, 3.05) is 0 Å². The van der Waals surface area contributed by atoms with E-state index >= 15 is 0 Å². The Morgan fingerprint density at radius 3 is 2.50 bits per heavy atom. The summed E-state index contributed by atoms with van der Waals surface area (Å²) in [6, 6.07) is 6.05. The number of hydrogen-bond acceptors (Lipinski definition) is 1. The van der Waals surface area contributed by atoms with Gasteiger partial charge in [0.15, 0.2) is 0 Å². The third-order valence-corrected chi connectivity index (χ3v) is 4.93. The van der Waals surface area contributed by atoms with Crippen molar-refractivity contribution in [2.45, 2.75) is 50.9 Å². The fraction of sp³-hybridized carbons (Fsp3) is 0.625. The summed E-state index contributed by atoms with van der Waals surface area (Å²) in [6.45, 7) is 1.84. The summed E-state index contributed by atoms with van der Waals surface area (Å²) in [6.07, 6.45) is 0.641. The van der Waals surface area contributed by atoms with Crippen LogP contribution in [0.3, 0.4) is 0 Å². The van der Waals surface area contributed by atoms with Crippen molar-refractivity contribution in [1.29, 1.82) is 0 Å². The van der Waals surface area contributed by atoms with Crippen molar-refractivity contribution in [3.63, 3.8) is 0 Å². The molecule has 0 spiro atoms. The molecule has 110 valence electrons. The minimum atomic E-state index is -4.28. The first-order chi connectivity index (χ1) is 9.45. The fourth-order valence-corrected chi connectivity index (χ4v) is 3.99. The normalized spacial score (nSPS) is 30.7. The zero-order valence-electron chi connectivity index (χ0n) is 11.6. The van der Waals surface area contributed by atoms with Gasteiger partial charge in [0.25, 0.3) is 0 Å². The lowest BCUT2D eigenvalue weighted by Gasteiger charge is -2.28. The van der Waals surface area contributed by atoms with Crippen molar-refractivity contribution >= 4 is 0 Å². The molecule has 0 amide bonds. The van der Waals surface area contributed by atoms with Gasteiger partial charge in [-0.25, -0.2) is 0 Å². The van der Waals surface area contributed by atoms with E-state index in [1.807, 2.05) is 6.92 Å². The summed E-state index contributed by atoms with van der Waals surface area (Å²) in [5.41, 5.74) is -0.147. The number of nitrogens with one attached hydrogen (secondary N) is 1. The van der Waals surface area contributed by atoms with Gasteiger partial charge in [0.05, 0.1) is 5.56 Å². The van der Waals surface area contributed by atoms with Crippen LogP contribution in [-0.2, 0) is 6.18 Å². The highest BCUT2D eigenvalue weighted by atomic mass is 19.4. The highest BCUT2D eigenvalue weighted by molar-refractivity contribution is 5.32. The molecular formula is C16H20F3N. The molecular weight excluding hydrogens is 263 g/mol. The largest absolute Gasteiger partial charge is 0.416 e. The number of halogens is 3. The maximum atomic E-state index is 13.0. The molecule has 0 heterocycles. The monoisotopic (exact) mass is 283 g/mol. The van der Waals surface area contributed by atoms with Gasteiger partial charge in [-0.15, -0.1) is 0 Å². The van der Waals surface area contributed by atoms with Gasteiger partial charge in [-0.1, -0.05) is 24.6 Å². The van der Waals surface area contributed by atoms with Crippen LogP contribution in [0.1, 0.15) is 49.8 Å². The molecule has 1 aromatic rings. The summed E-state index contributed by atoms with van der Waals surface area (Å²) < 4.78 is 39.1. The van der Waals surface area contributed by atoms with Crippen LogP contribution in [0, 0.1) is 11.8 Å². The van der Waals surface area contributed by atoms with E-state index in [1.165, 1.54) is 31.4 Å². The van der Waals surface area contributed by atoms with Crippen molar-refractivity contribution in [3.05, 3.63) is 35.4 Å². The molecule has 1 N–H and O–H groups in total. The maximum absolute atomic E-state index is 13.0. The number of rotatable bonds is 3. The highest BCUT2D eigenvalue weighted by Crippen LogP contribution is 2.45. The standard InChI is InChI=1S/C16H20F3N/c1-10(20-15-9-11-6-7-12(15)8-11)13-4-2-3-5-14(13)16(17,18)19/h2-5,10-12,15,20H,6-9H2,1H3. The lowest BCUT2D eigenvalue weighted by Crippen LogP contribution is -2.36. The van der Waals surface area contributed by atoms with E-state index in [9.17, 15) is 13.2 Å². The molecule has 3 rings (SSSR count). The zero-order valence-corrected chi connectivity index (χ0v) is 11.6. The third-order valence-electron chi connectivity index (χ3n) is 4.93. The van der Waals surface area contributed by atoms with Crippen LogP contribution < -0.4 is 5.32 Å². The molecule has 1 nitrogen and oxygen atoms in total. The predicted octanol–water partition coefficient (Wildman–Crippen LogP) is 4.54. The number of alkyl halides is 3. The second-order valence-corrected chi connectivity index (χ2v) is 6.25. The van der Waals surface area contributed by atoms with Gasteiger partial charge in [0.2, 0.25) is 0 Å². The van der Waals surface area contributed by atoms with Crippen molar-refractivity contribution < 1.29 is 13.2 Å². The van der Waals surface area contributed by atoms with Crippen molar-refractivity contribution in [2.24, 2.45) is 11.8 Å². The van der Waals surface area contributed by atoms with E-state index in [0.717, 1.165) is 12.3 Å². The van der Waals surface area contributed by atoms with E-state index in [1.54, 1.807) is 12.1 Å². The summed E-state index contributed by atoms with van der Waals surface area (Å²) in [4.78, 5) is 0. The average molecular weight is 283 g/mol. The Hall–Kier alpha value is -1.03. The van der Waals surface area contributed by atoms with Gasteiger partial charge < -0.3 is 5.32 Å². The predicted molar refractivity (Wildman–Crippen MR) is 72.2 cm³/mol. The summed E-state index contributed by atoms with van der Waals surface area (Å²) in [5.74, 6) is 1.46. The van der Waals surface area contributed by atoms with Gasteiger partial charge in [-0.05, 0) is 49.7 Å². The lowest BCUT2D eigenvalue weighted by atomic mass is 9.93. The SMILES string of the molecule is CC(NC1CC2CCC1C2)c1ccccc1C(F)(F)F. The molecule has 2 fully saturated rings. The number of fused-ring (bicyclic) bond motifs is 2. The van der Waals surface area contributed by atoms with E-state index in [-0.39, 0.29) is 6.04 Å². The second-order valence-electron chi connectivity index (χ2n) is 6.25. The smallest absolute Gasteiger partial charge is 0.307 e. The highest BCUT2D eigenvalue weighted by Gasteiger charge is 2.40. The van der Waals surface area contributed by atoms with Gasteiger partial charge in [0.1, 0.15) is 0 Å². The Bertz CT molecular complexity index is 483. The minimum Gasteiger partial charge on any atom is -0.307 e. The molecule has 2 saturated carbocycles. The number of benzene rings is 1. The third kappa shape index (κ3) is 2.58. The fourth-order valence-electron chi connectivity index (χ4n) is 3.99. The van der Waals surface area contributed by atoms with Gasteiger partial charge in [-0.3, -0.25) is 0 Å². The summed E-state index contributed by atoms with van der Waals surface area (Å²) in [7, 11) is 0. The first-order valence-electron chi connectivity index (χ1n) is 7.37. The van der Waals surface area contributed by atoms with E-state index in [0.29, 0.717) is 17.5 Å². The molecule has 20 heavy (non-hydrogen) atoms. The van der Waals surface area contributed by atoms with E-state index in [2.05, 4.69) is 5.32 Å². The summed E-state index contributed by atoms with van der Waals surface area (Å²) >= 11 is 0. The first-order valence-corrected chi connectivity index (χ1v) is 7.37. The van der Waals surface area contributed by atoms with Crippen molar-refractivity contribution in [1.82, 2.24) is 5.32 Å². The quantitative estimate of drug-likeness (QED) is 0.858. The molecule has 1 aromatic carbocycles. The molecule has 4 atom stereocenters. The Balaban J connectivity index is 1.76. The van der Waals surface area contributed by atoms with Crippen molar-refractivity contribution in [3.8, 4) is 0 Å². The topological polar surface area (TPSA) is 12.0 Å². The molecule has 0 saturated heterocycles. The minimum absolute atomic E-state index is 0.253. The average Bonchev–Trinajstić information content (AvgIpc) is 3.00. The maximum Gasteiger partial charge on any atom is 0.416 e. The lowest BCUT2D eigenvalue weighted by molar-refractivity contribution is -0.138. The second kappa shape index (κ2) is 5.06. The Morgan fingerprint density at radius 2 is 1.90 bits per heavy atom. The molecule has 4 unspecified atom stereocenters. The molecule has 2 bridgehead atoms. The van der Waals surface area contributed by atoms with Crippen LogP contribution in [0.15, 0.2) is 24.3 Å². The zero-order chi connectivity index (χ0) is 14.3. The van der Waals surface area contributed by atoms with Crippen LogP contribution in [-0.4, -0.2) is 6.04 Å². The van der Waals surface area contributed by atoms with Gasteiger partial charge >= 0.3 is 6.18 Å². The van der Waals surface area contributed by atoms with Crippen LogP contribution in [0.25, 0.3) is 0 Å². The molecule has 4 heteroatoms. The van der Waals surface area contributed by atoms with Gasteiger partial charge in [-0.2, -0.15) is 13.2 Å². The molecule has 0 radical (unpaired) electrons. The Kier molecular flexibility index (Phi) is 3.53. The molecule has 2 aliphatic carbocycles. The van der Waals surface area contributed by atoms with E-state index < -0.39 is 11.7 Å². The molecule has 2 aliphatic rings. The molecule has 0 aliphatic heterocycles. The van der Waals surface area contributed by atoms with E-state index in [4.69, 9.17) is 0 Å². The molecule has 0 aromatic heterocycles. The van der Waals surface area contributed by atoms with Crippen LogP contribution in [0.4, 0.5) is 13.2 Å².